The van der Waals surface area contributed by atoms with Crippen LogP contribution in [0.2, 0.25) is 0 Å². The Bertz CT molecular complexity index is 1140. The lowest BCUT2D eigenvalue weighted by Crippen LogP contribution is -2.54. The highest BCUT2D eigenvalue weighted by molar-refractivity contribution is 5.76. The Hall–Kier alpha value is -3.20. The number of benzene rings is 1. The predicted octanol–water partition coefficient (Wildman–Crippen LogP) is 0.960. The van der Waals surface area contributed by atoms with E-state index in [4.69, 9.17) is 0 Å². The molecule has 0 aliphatic carbocycles. The van der Waals surface area contributed by atoms with Crippen LogP contribution in [-0.4, -0.2) is 54.1 Å². The molecule has 9 nitrogen and oxygen atoms in total. The van der Waals surface area contributed by atoms with Crippen molar-refractivity contribution in [1.82, 2.24) is 24.4 Å². The largest absolute Gasteiger partial charge is 0.388 e. The smallest absolute Gasteiger partial charge is 0.328 e. The molecule has 3 N–H and O–H groups in total. The van der Waals surface area contributed by atoms with Gasteiger partial charge in [0.25, 0.3) is 5.56 Å². The van der Waals surface area contributed by atoms with Crippen LogP contribution in [0.15, 0.2) is 46.1 Å². The quantitative estimate of drug-likeness (QED) is 0.577. The highest BCUT2D eigenvalue weighted by Crippen LogP contribution is 2.31. The number of nitrogens with zero attached hydrogens (tertiary/aromatic N) is 3. The summed E-state index contributed by atoms with van der Waals surface area (Å²) < 4.78 is 1.30. The van der Waals surface area contributed by atoms with Gasteiger partial charge in [0.1, 0.15) is 5.82 Å². The van der Waals surface area contributed by atoms with Crippen molar-refractivity contribution in [2.45, 2.75) is 44.2 Å². The van der Waals surface area contributed by atoms with Crippen LogP contribution < -0.4 is 11.2 Å². The van der Waals surface area contributed by atoms with Crippen molar-refractivity contribution in [2.75, 3.05) is 13.1 Å². The zero-order valence-electron chi connectivity index (χ0n) is 16.8. The number of piperidine rings is 1. The van der Waals surface area contributed by atoms with Crippen LogP contribution in [0.3, 0.4) is 0 Å². The monoisotopic (exact) mass is 411 g/mol. The lowest BCUT2D eigenvalue weighted by Gasteiger charge is -2.43. The third-order valence-corrected chi connectivity index (χ3v) is 5.78. The van der Waals surface area contributed by atoms with Crippen molar-refractivity contribution in [3.05, 3.63) is 63.2 Å². The van der Waals surface area contributed by atoms with Crippen LogP contribution in [-0.2, 0) is 11.2 Å². The average molecular weight is 411 g/mol. The Balaban J connectivity index is 1.40. The molecule has 0 spiro atoms. The molecule has 0 unspecified atom stereocenters. The van der Waals surface area contributed by atoms with Crippen molar-refractivity contribution in [2.24, 2.45) is 0 Å². The van der Waals surface area contributed by atoms with Gasteiger partial charge in [-0.15, -0.1) is 0 Å². The standard InChI is InChI=1S/C21H25N5O4/c1-21(30)10-12-25(13-16(21)26-11-9-18(27)24-20(26)29)19(28)8-4-7-17-22-14-5-2-3-6-15(14)23-17/h2-3,5-6,9,11,16,30H,4,7-8,10,12-13H2,1H3,(H,22,23)(H,24,27,29)/t16-,21-/m1/s1. The number of rotatable bonds is 5. The first kappa shape index (κ1) is 20.1. The second-order valence-corrected chi connectivity index (χ2v) is 8.03. The number of carbonyl (C=O) groups is 1. The number of aryl methyl sites for hydroxylation is 1. The molecule has 1 saturated heterocycles. The molecular formula is C21H25N5O4. The van der Waals surface area contributed by atoms with E-state index in [0.29, 0.717) is 32.2 Å². The van der Waals surface area contributed by atoms with Gasteiger partial charge in [-0.3, -0.25) is 19.1 Å². The van der Waals surface area contributed by atoms with E-state index in [-0.39, 0.29) is 12.5 Å². The molecule has 3 heterocycles. The van der Waals surface area contributed by atoms with Gasteiger partial charge < -0.3 is 15.0 Å². The van der Waals surface area contributed by atoms with Gasteiger partial charge in [-0.1, -0.05) is 12.1 Å². The summed E-state index contributed by atoms with van der Waals surface area (Å²) in [5, 5.41) is 10.8. The number of likely N-dealkylation sites (tertiary alicyclic amines) is 1. The summed E-state index contributed by atoms with van der Waals surface area (Å²) >= 11 is 0. The van der Waals surface area contributed by atoms with Gasteiger partial charge in [0, 0.05) is 38.2 Å². The fraction of sp³-hybridized carbons (Fsp3) is 0.429. The Morgan fingerprint density at radius 2 is 2.07 bits per heavy atom. The number of fused-ring (bicyclic) bond motifs is 1. The minimum Gasteiger partial charge on any atom is -0.388 e. The van der Waals surface area contributed by atoms with Crippen LogP contribution in [0, 0.1) is 0 Å². The Morgan fingerprint density at radius 1 is 1.27 bits per heavy atom. The van der Waals surface area contributed by atoms with Gasteiger partial charge in [-0.05, 0) is 31.9 Å². The molecular weight excluding hydrogens is 386 g/mol. The number of hydrogen-bond donors (Lipinski definition) is 3. The lowest BCUT2D eigenvalue weighted by molar-refractivity contribution is -0.138. The number of H-pyrrole nitrogens is 2. The topological polar surface area (TPSA) is 124 Å². The van der Waals surface area contributed by atoms with Gasteiger partial charge >= 0.3 is 5.69 Å². The van der Waals surface area contributed by atoms with E-state index in [1.54, 1.807) is 11.8 Å². The Kier molecular flexibility index (Phi) is 5.29. The van der Waals surface area contributed by atoms with Crippen LogP contribution in [0.1, 0.15) is 38.1 Å². The van der Waals surface area contributed by atoms with Crippen molar-refractivity contribution >= 4 is 16.9 Å². The molecule has 2 atom stereocenters. The molecule has 3 aromatic rings. The maximum absolute atomic E-state index is 12.8. The zero-order valence-corrected chi connectivity index (χ0v) is 16.8. The van der Waals surface area contributed by atoms with E-state index in [2.05, 4.69) is 15.0 Å². The number of amides is 1. The predicted molar refractivity (Wildman–Crippen MR) is 111 cm³/mol. The fourth-order valence-electron chi connectivity index (χ4n) is 4.00. The molecule has 1 amide bonds. The third kappa shape index (κ3) is 4.06. The normalized spacial score (nSPS) is 21.8. The maximum Gasteiger partial charge on any atom is 0.328 e. The Morgan fingerprint density at radius 3 is 2.83 bits per heavy atom. The SMILES string of the molecule is C[C@@]1(O)CCN(C(=O)CCCc2nc3ccccc3[nH]2)C[C@H]1n1ccc(=O)[nH]c1=O. The molecule has 1 aliphatic rings. The van der Waals surface area contributed by atoms with Gasteiger partial charge in [-0.2, -0.15) is 0 Å². The van der Waals surface area contributed by atoms with E-state index in [9.17, 15) is 19.5 Å². The van der Waals surface area contributed by atoms with Crippen LogP contribution in [0.5, 0.6) is 0 Å². The average Bonchev–Trinajstić information content (AvgIpc) is 3.11. The van der Waals surface area contributed by atoms with E-state index < -0.39 is 22.9 Å². The van der Waals surface area contributed by atoms with Crippen molar-refractivity contribution < 1.29 is 9.90 Å². The van der Waals surface area contributed by atoms with Gasteiger partial charge in [-0.25, -0.2) is 9.78 Å². The highest BCUT2D eigenvalue weighted by atomic mass is 16.3. The van der Waals surface area contributed by atoms with E-state index in [1.807, 2.05) is 24.3 Å². The molecule has 4 rings (SSSR count). The number of nitrogens with one attached hydrogen (secondary N) is 2. The van der Waals surface area contributed by atoms with Crippen molar-refractivity contribution in [3.8, 4) is 0 Å². The third-order valence-electron chi connectivity index (χ3n) is 5.78. The molecule has 1 aliphatic heterocycles. The maximum atomic E-state index is 12.8. The summed E-state index contributed by atoms with van der Waals surface area (Å²) in [5.41, 5.74) is -0.359. The Labute approximate surface area is 172 Å². The van der Waals surface area contributed by atoms with Crippen LogP contribution in [0.4, 0.5) is 0 Å². The van der Waals surface area contributed by atoms with Gasteiger partial charge in [0.2, 0.25) is 5.91 Å². The van der Waals surface area contributed by atoms with E-state index in [1.165, 1.54) is 16.8 Å². The molecule has 0 bridgehead atoms. The molecule has 0 radical (unpaired) electrons. The molecule has 0 saturated carbocycles. The van der Waals surface area contributed by atoms with Crippen molar-refractivity contribution in [3.63, 3.8) is 0 Å². The molecule has 1 fully saturated rings. The summed E-state index contributed by atoms with van der Waals surface area (Å²) in [6.07, 6.45) is 3.38. The van der Waals surface area contributed by atoms with Gasteiger partial charge in [0.15, 0.2) is 0 Å². The minimum absolute atomic E-state index is 0.0240. The first-order valence-electron chi connectivity index (χ1n) is 10.1. The summed E-state index contributed by atoms with van der Waals surface area (Å²) in [4.78, 5) is 48.0. The van der Waals surface area contributed by atoms with Crippen LogP contribution in [0.25, 0.3) is 11.0 Å². The number of aromatic amines is 2. The molecule has 2 aromatic heterocycles. The van der Waals surface area contributed by atoms with Crippen LogP contribution >= 0.6 is 0 Å². The van der Waals surface area contributed by atoms with Gasteiger partial charge in [0.05, 0.1) is 22.7 Å². The summed E-state index contributed by atoms with van der Waals surface area (Å²) in [5.74, 6) is 0.826. The summed E-state index contributed by atoms with van der Waals surface area (Å²) in [6, 6.07) is 8.41. The number of carbonyl (C=O) groups excluding carboxylic acids is 1. The first-order valence-corrected chi connectivity index (χ1v) is 10.1. The highest BCUT2D eigenvalue weighted by Gasteiger charge is 2.40. The molecule has 1 aromatic carbocycles. The lowest BCUT2D eigenvalue weighted by atomic mass is 9.88. The molecule has 9 heteroatoms. The van der Waals surface area contributed by atoms with Crippen molar-refractivity contribution in [1.29, 1.82) is 0 Å². The zero-order chi connectivity index (χ0) is 21.3. The first-order chi connectivity index (χ1) is 14.3. The number of aliphatic hydroxyl groups is 1. The number of para-hydroxylation sites is 2. The van der Waals surface area contributed by atoms with E-state index in [0.717, 1.165) is 16.9 Å². The molecule has 30 heavy (non-hydrogen) atoms. The molecule has 158 valence electrons. The second-order valence-electron chi connectivity index (χ2n) is 8.03. The minimum atomic E-state index is -1.16. The van der Waals surface area contributed by atoms with E-state index >= 15 is 0 Å². The summed E-state index contributed by atoms with van der Waals surface area (Å²) in [7, 11) is 0. The fourth-order valence-corrected chi connectivity index (χ4v) is 4.00. The summed E-state index contributed by atoms with van der Waals surface area (Å²) in [6.45, 7) is 2.28. The number of imidazole rings is 1. The number of hydrogen-bond acceptors (Lipinski definition) is 5. The second kappa shape index (κ2) is 7.91. The number of aromatic nitrogens is 4.